The molecule has 2 atom stereocenters. The summed E-state index contributed by atoms with van der Waals surface area (Å²) in [6.07, 6.45) is 4.48. The molecule has 4 fully saturated rings. The highest BCUT2D eigenvalue weighted by Gasteiger charge is 2.42. The van der Waals surface area contributed by atoms with E-state index < -0.39 is 16.0 Å². The monoisotopic (exact) mass is 784 g/mol. The van der Waals surface area contributed by atoms with Crippen molar-refractivity contribution < 1.29 is 17.6 Å². The van der Waals surface area contributed by atoms with Gasteiger partial charge in [-0.1, -0.05) is 6.07 Å². The van der Waals surface area contributed by atoms with Crippen molar-refractivity contribution in [1.82, 2.24) is 33.3 Å². The summed E-state index contributed by atoms with van der Waals surface area (Å²) in [5.41, 5.74) is 5.22. The van der Waals surface area contributed by atoms with E-state index in [9.17, 15) is 27.7 Å². The molecule has 16 heteroatoms. The van der Waals surface area contributed by atoms with E-state index in [2.05, 4.69) is 59.4 Å². The standard InChI is InChI=1S/C40H49FN10O4S/c1-26-27(4-9-35-32(26)21-31(22-42)51(35)19-16-47-14-17-50(18-15-47)56(54,55)45-30-6-7-30)23-48-13-11-28-24-49(25-37(28)48)36-10-12-43-39(52)38(36)44-34-8-5-29(41)20-33(34)40(53)46(2)3/h4-5,8-10,12,20-21,28,30,37,44-45H,6-7,11,13-19,23-25H2,1-3H3,(H,43,52). The number of piperazine rings is 1. The third-order valence-electron chi connectivity index (χ3n) is 12.0. The van der Waals surface area contributed by atoms with Crippen LogP contribution in [0.15, 0.2) is 53.5 Å². The van der Waals surface area contributed by atoms with Crippen molar-refractivity contribution in [1.29, 1.82) is 5.26 Å². The summed E-state index contributed by atoms with van der Waals surface area (Å²) in [6.45, 7) is 8.92. The molecule has 8 rings (SSSR count). The van der Waals surface area contributed by atoms with Crippen LogP contribution in [0.1, 0.15) is 46.4 Å². The number of halogens is 1. The van der Waals surface area contributed by atoms with Gasteiger partial charge in [0, 0.05) is 102 Å². The quantitative estimate of drug-likeness (QED) is 0.196. The number of hydrogen-bond acceptors (Lipinski definition) is 9. The van der Waals surface area contributed by atoms with Gasteiger partial charge in [0.25, 0.3) is 21.7 Å². The average molecular weight is 785 g/mol. The number of carbonyl (C=O) groups excluding carboxylic acids is 1. The number of aromatic amines is 1. The Morgan fingerprint density at radius 1 is 1.02 bits per heavy atom. The highest BCUT2D eigenvalue weighted by molar-refractivity contribution is 7.87. The minimum Gasteiger partial charge on any atom is -0.368 e. The molecular formula is C40H49FN10O4S. The van der Waals surface area contributed by atoms with Crippen molar-refractivity contribution in [2.75, 3.05) is 76.7 Å². The number of fused-ring (bicyclic) bond motifs is 2. The summed E-state index contributed by atoms with van der Waals surface area (Å²) >= 11 is 0. The maximum absolute atomic E-state index is 14.2. The minimum absolute atomic E-state index is 0.0897. The summed E-state index contributed by atoms with van der Waals surface area (Å²) in [4.78, 5) is 37.3. The summed E-state index contributed by atoms with van der Waals surface area (Å²) in [5.74, 6) is -0.499. The Bertz CT molecular complexity index is 2360. The molecule has 0 spiro atoms. The third-order valence-corrected chi connectivity index (χ3v) is 13.7. The molecule has 2 unspecified atom stereocenters. The van der Waals surface area contributed by atoms with Gasteiger partial charge in [0.1, 0.15) is 23.3 Å². The number of nitrogens with one attached hydrogen (secondary N) is 3. The lowest BCUT2D eigenvalue weighted by Gasteiger charge is -2.34. The first-order valence-corrected chi connectivity index (χ1v) is 20.8. The van der Waals surface area contributed by atoms with Gasteiger partial charge in [0.05, 0.1) is 16.9 Å². The molecule has 14 nitrogen and oxygen atoms in total. The lowest BCUT2D eigenvalue weighted by molar-refractivity contribution is 0.0828. The summed E-state index contributed by atoms with van der Waals surface area (Å²) in [6, 6.07) is 14.9. The van der Waals surface area contributed by atoms with Crippen molar-refractivity contribution in [2.24, 2.45) is 5.92 Å². The van der Waals surface area contributed by atoms with Crippen LogP contribution in [0.3, 0.4) is 0 Å². The van der Waals surface area contributed by atoms with E-state index in [1.54, 1.807) is 24.6 Å². The molecular weight excluding hydrogens is 736 g/mol. The van der Waals surface area contributed by atoms with Gasteiger partial charge >= 0.3 is 0 Å². The van der Waals surface area contributed by atoms with Crippen LogP contribution in [0.25, 0.3) is 10.9 Å². The molecule has 4 aromatic rings. The van der Waals surface area contributed by atoms with Gasteiger partial charge in [-0.2, -0.15) is 22.7 Å². The Morgan fingerprint density at radius 3 is 2.54 bits per heavy atom. The highest BCUT2D eigenvalue weighted by Crippen LogP contribution is 2.38. The predicted molar refractivity (Wildman–Crippen MR) is 214 cm³/mol. The molecule has 56 heavy (non-hydrogen) atoms. The topological polar surface area (TPSA) is 153 Å². The van der Waals surface area contributed by atoms with E-state index in [0.717, 1.165) is 74.1 Å². The Hall–Kier alpha value is -4.79. The highest BCUT2D eigenvalue weighted by atomic mass is 32.2. The van der Waals surface area contributed by atoms with Crippen LogP contribution in [0.5, 0.6) is 0 Å². The van der Waals surface area contributed by atoms with Crippen molar-refractivity contribution in [2.45, 2.75) is 51.4 Å². The molecule has 1 aliphatic carbocycles. The van der Waals surface area contributed by atoms with E-state index in [1.807, 2.05) is 12.1 Å². The third kappa shape index (κ3) is 7.53. The van der Waals surface area contributed by atoms with Crippen molar-refractivity contribution >= 4 is 44.1 Å². The molecule has 5 heterocycles. The van der Waals surface area contributed by atoms with Gasteiger partial charge in [0.15, 0.2) is 0 Å². The second kappa shape index (κ2) is 15.3. The number of hydrogen-bond donors (Lipinski definition) is 3. The van der Waals surface area contributed by atoms with Gasteiger partial charge in [-0.25, -0.2) is 4.39 Å². The number of aryl methyl sites for hydroxylation is 1. The molecule has 296 valence electrons. The lowest BCUT2D eigenvalue weighted by Crippen LogP contribution is -2.52. The fourth-order valence-corrected chi connectivity index (χ4v) is 10.1. The fraction of sp³-hybridized carbons (Fsp3) is 0.475. The first-order chi connectivity index (χ1) is 26.9. The Morgan fingerprint density at radius 2 is 1.80 bits per heavy atom. The number of aromatic nitrogens is 2. The second-order valence-electron chi connectivity index (χ2n) is 15.8. The largest absolute Gasteiger partial charge is 0.368 e. The normalized spacial score (nSPS) is 20.7. The molecule has 3 saturated heterocycles. The average Bonchev–Trinajstić information content (AvgIpc) is 3.58. The molecule has 2 aromatic carbocycles. The van der Waals surface area contributed by atoms with Gasteiger partial charge in [-0.05, 0) is 86.2 Å². The van der Waals surface area contributed by atoms with Crippen LogP contribution in [0.2, 0.25) is 0 Å². The van der Waals surface area contributed by atoms with Crippen LogP contribution in [0.4, 0.5) is 21.5 Å². The molecule has 1 amide bonds. The van der Waals surface area contributed by atoms with E-state index in [1.165, 1.54) is 28.7 Å². The molecule has 4 aliphatic rings. The van der Waals surface area contributed by atoms with Gasteiger partial charge in [0.2, 0.25) is 0 Å². The van der Waals surface area contributed by atoms with E-state index >= 15 is 0 Å². The lowest BCUT2D eigenvalue weighted by atomic mass is 10.0. The Kier molecular flexibility index (Phi) is 10.4. The predicted octanol–water partition coefficient (Wildman–Crippen LogP) is 3.42. The number of carbonyl (C=O) groups is 1. The van der Waals surface area contributed by atoms with Crippen LogP contribution in [-0.4, -0.2) is 121 Å². The van der Waals surface area contributed by atoms with Crippen LogP contribution < -0.4 is 20.5 Å². The second-order valence-corrected chi connectivity index (χ2v) is 17.5. The smallest absolute Gasteiger partial charge is 0.279 e. The summed E-state index contributed by atoms with van der Waals surface area (Å²) < 4.78 is 46.0. The number of nitrogens with zero attached hydrogens (tertiary/aromatic N) is 7. The number of nitriles is 1. The number of H-pyrrole nitrogens is 1. The van der Waals surface area contributed by atoms with Gasteiger partial charge in [-0.15, -0.1) is 0 Å². The van der Waals surface area contributed by atoms with E-state index in [0.29, 0.717) is 55.7 Å². The molecule has 0 bridgehead atoms. The SMILES string of the molecule is Cc1c(CN2CCC3CN(c4cc[nH]c(=O)c4Nc4ccc(F)cc4C(=O)N(C)C)CC32)ccc2c1cc(C#N)n2CCN1CCN(S(=O)(=O)NC2CC2)CC1. The van der Waals surface area contributed by atoms with Crippen molar-refractivity contribution in [3.63, 3.8) is 0 Å². The van der Waals surface area contributed by atoms with Gasteiger partial charge < -0.3 is 24.7 Å². The minimum atomic E-state index is -3.43. The zero-order valence-electron chi connectivity index (χ0n) is 32.1. The molecule has 1 saturated carbocycles. The zero-order valence-corrected chi connectivity index (χ0v) is 32.9. The Balaban J connectivity index is 0.945. The summed E-state index contributed by atoms with van der Waals surface area (Å²) in [7, 11) is -0.230. The maximum atomic E-state index is 14.2. The number of rotatable bonds is 12. The number of pyridine rings is 1. The van der Waals surface area contributed by atoms with Crippen LogP contribution >= 0.6 is 0 Å². The van der Waals surface area contributed by atoms with E-state index in [4.69, 9.17) is 0 Å². The summed E-state index contributed by atoms with van der Waals surface area (Å²) in [5, 5.41) is 14.4. The van der Waals surface area contributed by atoms with Gasteiger partial charge in [-0.3, -0.25) is 19.4 Å². The first-order valence-electron chi connectivity index (χ1n) is 19.4. The number of likely N-dealkylation sites (tertiary alicyclic amines) is 1. The van der Waals surface area contributed by atoms with Crippen LogP contribution in [-0.2, 0) is 23.3 Å². The number of benzene rings is 2. The van der Waals surface area contributed by atoms with Crippen LogP contribution in [0, 0.1) is 30.0 Å². The Labute approximate surface area is 326 Å². The molecule has 2 aromatic heterocycles. The first kappa shape index (κ1) is 38.1. The number of anilines is 3. The molecule has 3 aliphatic heterocycles. The van der Waals surface area contributed by atoms with E-state index in [-0.39, 0.29) is 29.1 Å². The fourth-order valence-electron chi connectivity index (χ4n) is 8.64. The zero-order chi connectivity index (χ0) is 39.3. The molecule has 0 radical (unpaired) electrons. The molecule has 3 N–H and O–H groups in total. The van der Waals surface area contributed by atoms with Crippen molar-refractivity contribution in [3.8, 4) is 6.07 Å². The van der Waals surface area contributed by atoms with Crippen molar-refractivity contribution in [3.05, 3.63) is 87.2 Å². The maximum Gasteiger partial charge on any atom is 0.279 e. The number of amides is 1.